The number of carboxylic acid groups (broad SMARTS) is 1. The molecular formula is C16H14N6O2. The van der Waals surface area contributed by atoms with Gasteiger partial charge in [0.25, 0.3) is 0 Å². The number of rotatable bonds is 5. The van der Waals surface area contributed by atoms with E-state index in [1.165, 1.54) is 23.8 Å². The molecule has 0 bridgehead atoms. The molecule has 3 aromatic rings. The molecule has 0 saturated carbocycles. The predicted molar refractivity (Wildman–Crippen MR) is 85.4 cm³/mol. The minimum Gasteiger partial charge on any atom is -0.479 e. The molecule has 0 aliphatic heterocycles. The Morgan fingerprint density at radius 1 is 0.958 bits per heavy atom. The van der Waals surface area contributed by atoms with E-state index in [0.29, 0.717) is 17.3 Å². The highest BCUT2D eigenvalue weighted by molar-refractivity contribution is 5.86. The predicted octanol–water partition coefficient (Wildman–Crippen LogP) is 1.80. The van der Waals surface area contributed by atoms with E-state index in [2.05, 4.69) is 24.9 Å². The summed E-state index contributed by atoms with van der Waals surface area (Å²) < 4.78 is 0. The zero-order chi connectivity index (χ0) is 17.0. The summed E-state index contributed by atoms with van der Waals surface area (Å²) in [6.45, 7) is 1.55. The standard InChI is InChI=1S/C16H14N6O2/c1-16(15(23)24,12-5-8-17-10-20-12)22(13-4-2-3-7-19-13)14-6-9-18-11-21-14/h2-11H,1H3,(H,23,24). The summed E-state index contributed by atoms with van der Waals surface area (Å²) in [4.78, 5) is 34.1. The molecule has 0 aromatic carbocycles. The van der Waals surface area contributed by atoms with Gasteiger partial charge in [0.15, 0.2) is 5.54 Å². The molecule has 0 aliphatic carbocycles. The van der Waals surface area contributed by atoms with Crippen LogP contribution in [0.15, 0.2) is 61.6 Å². The Morgan fingerprint density at radius 3 is 2.21 bits per heavy atom. The van der Waals surface area contributed by atoms with Crippen LogP contribution in [0.2, 0.25) is 0 Å². The van der Waals surface area contributed by atoms with Gasteiger partial charge in [-0.05, 0) is 31.2 Å². The average molecular weight is 322 g/mol. The molecule has 1 N–H and O–H groups in total. The second kappa shape index (κ2) is 6.37. The molecule has 0 amide bonds. The van der Waals surface area contributed by atoms with E-state index in [-0.39, 0.29) is 0 Å². The Hall–Kier alpha value is -3.42. The van der Waals surface area contributed by atoms with Crippen molar-refractivity contribution in [3.63, 3.8) is 0 Å². The van der Waals surface area contributed by atoms with E-state index in [0.717, 1.165) is 0 Å². The molecule has 8 nitrogen and oxygen atoms in total. The van der Waals surface area contributed by atoms with Crippen LogP contribution in [0.5, 0.6) is 0 Å². The van der Waals surface area contributed by atoms with Crippen molar-refractivity contribution in [1.82, 2.24) is 24.9 Å². The molecule has 0 fully saturated rings. The van der Waals surface area contributed by atoms with Crippen molar-refractivity contribution in [2.75, 3.05) is 4.90 Å². The van der Waals surface area contributed by atoms with Crippen LogP contribution in [0.4, 0.5) is 11.6 Å². The molecule has 1 atom stereocenters. The first-order valence-corrected chi connectivity index (χ1v) is 7.11. The summed E-state index contributed by atoms with van der Waals surface area (Å²) in [6.07, 6.45) is 7.30. The van der Waals surface area contributed by atoms with Crippen molar-refractivity contribution in [3.8, 4) is 0 Å². The van der Waals surface area contributed by atoms with Crippen molar-refractivity contribution in [1.29, 1.82) is 0 Å². The molecule has 1 unspecified atom stereocenters. The lowest BCUT2D eigenvalue weighted by molar-refractivity contribution is -0.143. The van der Waals surface area contributed by atoms with E-state index in [4.69, 9.17) is 0 Å². The van der Waals surface area contributed by atoms with Crippen LogP contribution in [-0.4, -0.2) is 36.0 Å². The van der Waals surface area contributed by atoms with Crippen LogP contribution >= 0.6 is 0 Å². The Bertz CT molecular complexity index is 776. The minimum absolute atomic E-state index is 0.314. The maximum Gasteiger partial charge on any atom is 0.336 e. The number of carbonyl (C=O) groups is 1. The minimum atomic E-state index is -1.54. The van der Waals surface area contributed by atoms with Crippen molar-refractivity contribution < 1.29 is 9.90 Å². The van der Waals surface area contributed by atoms with Crippen LogP contribution in [0.25, 0.3) is 0 Å². The number of hydrogen-bond acceptors (Lipinski definition) is 7. The Kier molecular flexibility index (Phi) is 4.11. The second-order valence-corrected chi connectivity index (χ2v) is 5.06. The molecule has 120 valence electrons. The molecule has 3 aromatic heterocycles. The summed E-state index contributed by atoms with van der Waals surface area (Å²) in [5.41, 5.74) is -1.22. The Balaban J connectivity index is 2.25. The Morgan fingerprint density at radius 2 is 1.67 bits per heavy atom. The van der Waals surface area contributed by atoms with E-state index in [9.17, 15) is 9.90 Å². The van der Waals surface area contributed by atoms with E-state index in [1.54, 1.807) is 49.6 Å². The van der Waals surface area contributed by atoms with Gasteiger partial charge < -0.3 is 5.11 Å². The topological polar surface area (TPSA) is 105 Å². The van der Waals surface area contributed by atoms with E-state index < -0.39 is 11.5 Å². The molecule has 3 rings (SSSR count). The zero-order valence-corrected chi connectivity index (χ0v) is 12.8. The third kappa shape index (κ3) is 2.65. The highest BCUT2D eigenvalue weighted by Gasteiger charge is 2.45. The average Bonchev–Trinajstić information content (AvgIpc) is 2.64. The Labute approximate surface area is 137 Å². The number of aliphatic carboxylic acids is 1. The summed E-state index contributed by atoms with van der Waals surface area (Å²) in [6, 6.07) is 8.43. The quantitative estimate of drug-likeness (QED) is 0.758. The van der Waals surface area contributed by atoms with Crippen molar-refractivity contribution in [2.45, 2.75) is 12.5 Å². The van der Waals surface area contributed by atoms with E-state index in [1.807, 2.05) is 0 Å². The third-order valence-electron chi connectivity index (χ3n) is 3.62. The van der Waals surface area contributed by atoms with Gasteiger partial charge in [0.05, 0.1) is 5.69 Å². The fourth-order valence-corrected chi connectivity index (χ4v) is 2.38. The number of nitrogens with zero attached hydrogens (tertiary/aromatic N) is 6. The number of anilines is 2. The third-order valence-corrected chi connectivity index (χ3v) is 3.62. The first-order valence-electron chi connectivity index (χ1n) is 7.11. The van der Waals surface area contributed by atoms with Crippen molar-refractivity contribution in [2.24, 2.45) is 0 Å². The van der Waals surface area contributed by atoms with Gasteiger partial charge in [-0.2, -0.15) is 0 Å². The van der Waals surface area contributed by atoms with Gasteiger partial charge >= 0.3 is 5.97 Å². The fourth-order valence-electron chi connectivity index (χ4n) is 2.38. The van der Waals surface area contributed by atoms with Crippen LogP contribution in [0, 0.1) is 0 Å². The lowest BCUT2D eigenvalue weighted by atomic mass is 9.94. The van der Waals surface area contributed by atoms with Crippen LogP contribution in [0.1, 0.15) is 12.6 Å². The van der Waals surface area contributed by atoms with Gasteiger partial charge in [-0.15, -0.1) is 0 Å². The SMILES string of the molecule is CC(C(=O)O)(c1ccncn1)N(c1ccccn1)c1ccncn1. The number of carboxylic acids is 1. The van der Waals surface area contributed by atoms with Crippen molar-refractivity contribution >= 4 is 17.6 Å². The molecule has 0 radical (unpaired) electrons. The van der Waals surface area contributed by atoms with E-state index >= 15 is 0 Å². The maximum absolute atomic E-state index is 12.2. The van der Waals surface area contributed by atoms with Crippen LogP contribution in [-0.2, 0) is 10.3 Å². The first-order chi connectivity index (χ1) is 11.6. The van der Waals surface area contributed by atoms with Gasteiger partial charge in [0.1, 0.15) is 24.3 Å². The smallest absolute Gasteiger partial charge is 0.336 e. The first kappa shape index (κ1) is 15.5. The van der Waals surface area contributed by atoms with Crippen molar-refractivity contribution in [3.05, 3.63) is 67.3 Å². The summed E-state index contributed by atoms with van der Waals surface area (Å²) in [5.74, 6) is -0.266. The lowest BCUT2D eigenvalue weighted by Crippen LogP contribution is -2.49. The molecule has 0 aliphatic rings. The fraction of sp³-hybridized carbons (Fsp3) is 0.125. The van der Waals surface area contributed by atoms with Gasteiger partial charge in [-0.25, -0.2) is 29.7 Å². The molecule has 3 heterocycles. The number of pyridine rings is 1. The van der Waals surface area contributed by atoms with Gasteiger partial charge in [0, 0.05) is 18.6 Å². The lowest BCUT2D eigenvalue weighted by Gasteiger charge is -2.37. The van der Waals surface area contributed by atoms with Gasteiger partial charge in [0.2, 0.25) is 0 Å². The molecule has 0 spiro atoms. The van der Waals surface area contributed by atoms with Gasteiger partial charge in [-0.3, -0.25) is 4.90 Å². The largest absolute Gasteiger partial charge is 0.479 e. The zero-order valence-electron chi connectivity index (χ0n) is 12.8. The van der Waals surface area contributed by atoms with Crippen LogP contribution < -0.4 is 4.90 Å². The van der Waals surface area contributed by atoms with Gasteiger partial charge in [-0.1, -0.05) is 6.07 Å². The molecule has 8 heteroatoms. The normalized spacial score (nSPS) is 13.0. The summed E-state index contributed by atoms with van der Waals surface area (Å²) >= 11 is 0. The number of hydrogen-bond donors (Lipinski definition) is 1. The maximum atomic E-state index is 12.2. The highest BCUT2D eigenvalue weighted by Crippen LogP contribution is 2.36. The second-order valence-electron chi connectivity index (χ2n) is 5.06. The van der Waals surface area contributed by atoms with Crippen LogP contribution in [0.3, 0.4) is 0 Å². The summed E-state index contributed by atoms with van der Waals surface area (Å²) in [5, 5.41) is 10.0. The summed E-state index contributed by atoms with van der Waals surface area (Å²) in [7, 11) is 0. The monoisotopic (exact) mass is 322 g/mol. The highest BCUT2D eigenvalue weighted by atomic mass is 16.4. The molecule has 24 heavy (non-hydrogen) atoms. The number of aromatic nitrogens is 5. The molecular weight excluding hydrogens is 308 g/mol. The molecule has 0 saturated heterocycles.